The summed E-state index contributed by atoms with van der Waals surface area (Å²) in [5.41, 5.74) is 2.01. The molecule has 23 heavy (non-hydrogen) atoms. The number of nitrogens with zero attached hydrogens (tertiary/aromatic N) is 4. The average Bonchev–Trinajstić information content (AvgIpc) is 3.06. The molecule has 2 aromatic carbocycles. The van der Waals surface area contributed by atoms with Gasteiger partial charge in [-0.15, -0.1) is 5.10 Å². The van der Waals surface area contributed by atoms with Gasteiger partial charge in [-0.3, -0.25) is 4.79 Å². The molecule has 0 bridgehead atoms. The SMILES string of the molecule is CCn1nnnc1-c1cccc(C(=O)Nc2ccc(Cl)cc2)c1. The van der Waals surface area contributed by atoms with E-state index in [9.17, 15) is 4.79 Å². The number of aryl methyl sites for hydroxylation is 1. The van der Waals surface area contributed by atoms with Gasteiger partial charge >= 0.3 is 0 Å². The van der Waals surface area contributed by atoms with E-state index in [1.807, 2.05) is 13.0 Å². The third-order valence-corrected chi connectivity index (χ3v) is 3.57. The zero-order chi connectivity index (χ0) is 16.2. The third-order valence-electron chi connectivity index (χ3n) is 3.32. The molecule has 1 aromatic heterocycles. The van der Waals surface area contributed by atoms with E-state index >= 15 is 0 Å². The number of carbonyl (C=O) groups excluding carboxylic acids is 1. The molecule has 0 atom stereocenters. The molecule has 1 amide bonds. The normalized spacial score (nSPS) is 10.5. The molecule has 3 rings (SSSR count). The van der Waals surface area contributed by atoms with E-state index in [4.69, 9.17) is 11.6 Å². The lowest BCUT2D eigenvalue weighted by Gasteiger charge is -2.07. The molecule has 6 nitrogen and oxygen atoms in total. The number of nitrogens with one attached hydrogen (secondary N) is 1. The minimum absolute atomic E-state index is 0.204. The molecule has 0 saturated carbocycles. The number of aromatic nitrogens is 4. The van der Waals surface area contributed by atoms with Crippen LogP contribution in [0.2, 0.25) is 5.02 Å². The number of hydrogen-bond donors (Lipinski definition) is 1. The lowest BCUT2D eigenvalue weighted by Crippen LogP contribution is -2.12. The van der Waals surface area contributed by atoms with Crippen LogP contribution < -0.4 is 5.32 Å². The number of rotatable bonds is 4. The lowest BCUT2D eigenvalue weighted by atomic mass is 10.1. The largest absolute Gasteiger partial charge is 0.322 e. The second-order valence-corrected chi connectivity index (χ2v) is 5.30. The molecule has 7 heteroatoms. The van der Waals surface area contributed by atoms with Crippen LogP contribution in [0.15, 0.2) is 48.5 Å². The zero-order valence-electron chi connectivity index (χ0n) is 12.4. The fourth-order valence-electron chi connectivity index (χ4n) is 2.16. The number of hydrogen-bond acceptors (Lipinski definition) is 4. The molecular weight excluding hydrogens is 314 g/mol. The number of amides is 1. The van der Waals surface area contributed by atoms with Crippen molar-refractivity contribution < 1.29 is 4.79 Å². The summed E-state index contributed by atoms with van der Waals surface area (Å²) in [6, 6.07) is 14.1. The van der Waals surface area contributed by atoms with E-state index in [-0.39, 0.29) is 5.91 Å². The van der Waals surface area contributed by atoms with Gasteiger partial charge in [0, 0.05) is 28.4 Å². The van der Waals surface area contributed by atoms with Gasteiger partial charge in [-0.05, 0) is 53.7 Å². The van der Waals surface area contributed by atoms with E-state index < -0.39 is 0 Å². The molecule has 0 aliphatic carbocycles. The molecule has 0 radical (unpaired) electrons. The molecule has 0 fully saturated rings. The van der Waals surface area contributed by atoms with Gasteiger partial charge in [0.15, 0.2) is 5.82 Å². The van der Waals surface area contributed by atoms with Crippen molar-refractivity contribution in [2.75, 3.05) is 5.32 Å². The quantitative estimate of drug-likeness (QED) is 0.798. The number of carbonyl (C=O) groups is 1. The molecule has 0 spiro atoms. The van der Waals surface area contributed by atoms with E-state index in [0.29, 0.717) is 28.6 Å². The first kappa shape index (κ1) is 15.2. The van der Waals surface area contributed by atoms with Crippen LogP contribution in [0, 0.1) is 0 Å². The Labute approximate surface area is 138 Å². The van der Waals surface area contributed by atoms with E-state index in [1.165, 1.54) is 0 Å². The molecule has 3 aromatic rings. The average molecular weight is 328 g/mol. The van der Waals surface area contributed by atoms with Crippen molar-refractivity contribution in [2.45, 2.75) is 13.5 Å². The van der Waals surface area contributed by atoms with Gasteiger partial charge in [0.25, 0.3) is 5.91 Å². The van der Waals surface area contributed by atoms with Gasteiger partial charge in [-0.2, -0.15) is 0 Å². The van der Waals surface area contributed by atoms with Gasteiger partial charge in [-0.25, -0.2) is 4.68 Å². The summed E-state index contributed by atoms with van der Waals surface area (Å²) in [7, 11) is 0. The standard InChI is InChI=1S/C16H14ClN5O/c1-2-22-15(19-20-21-22)11-4-3-5-12(10-11)16(23)18-14-8-6-13(17)7-9-14/h3-10H,2H2,1H3,(H,18,23). The second kappa shape index (κ2) is 6.58. The fraction of sp³-hybridized carbons (Fsp3) is 0.125. The number of benzene rings is 2. The Kier molecular flexibility index (Phi) is 4.34. The first-order valence-corrected chi connectivity index (χ1v) is 7.48. The summed E-state index contributed by atoms with van der Waals surface area (Å²) in [6.45, 7) is 2.61. The highest BCUT2D eigenvalue weighted by Gasteiger charge is 2.11. The van der Waals surface area contributed by atoms with Crippen LogP contribution in [-0.2, 0) is 6.54 Å². The third kappa shape index (κ3) is 3.37. The molecule has 0 unspecified atom stereocenters. The maximum atomic E-state index is 12.4. The molecule has 1 heterocycles. The van der Waals surface area contributed by atoms with Crippen molar-refractivity contribution in [3.63, 3.8) is 0 Å². The number of tetrazole rings is 1. The molecule has 0 saturated heterocycles. The van der Waals surface area contributed by atoms with Crippen molar-refractivity contribution >= 4 is 23.2 Å². The summed E-state index contributed by atoms with van der Waals surface area (Å²) in [5, 5.41) is 15.0. The Bertz CT molecular complexity index is 828. The predicted molar refractivity (Wildman–Crippen MR) is 88.3 cm³/mol. The monoisotopic (exact) mass is 327 g/mol. The van der Waals surface area contributed by atoms with Crippen LogP contribution in [0.1, 0.15) is 17.3 Å². The molecule has 116 valence electrons. The van der Waals surface area contributed by atoms with Crippen LogP contribution >= 0.6 is 11.6 Å². The summed E-state index contributed by atoms with van der Waals surface area (Å²) in [5.74, 6) is 0.429. The van der Waals surface area contributed by atoms with Gasteiger partial charge in [0.1, 0.15) is 0 Å². The van der Waals surface area contributed by atoms with Crippen LogP contribution in [0.4, 0.5) is 5.69 Å². The fourth-order valence-corrected chi connectivity index (χ4v) is 2.29. The van der Waals surface area contributed by atoms with Crippen LogP contribution in [0.25, 0.3) is 11.4 Å². The van der Waals surface area contributed by atoms with Gasteiger partial charge < -0.3 is 5.32 Å². The topological polar surface area (TPSA) is 72.7 Å². The van der Waals surface area contributed by atoms with Gasteiger partial charge in [0.05, 0.1) is 0 Å². The number of anilines is 1. The second-order valence-electron chi connectivity index (χ2n) is 4.86. The Hall–Kier alpha value is -2.73. The van der Waals surface area contributed by atoms with E-state index in [2.05, 4.69) is 20.8 Å². The summed E-state index contributed by atoms with van der Waals surface area (Å²) in [6.07, 6.45) is 0. The highest BCUT2D eigenvalue weighted by atomic mass is 35.5. The van der Waals surface area contributed by atoms with Gasteiger partial charge in [-0.1, -0.05) is 23.7 Å². The molecular formula is C16H14ClN5O. The Morgan fingerprint density at radius 1 is 1.22 bits per heavy atom. The maximum absolute atomic E-state index is 12.4. The van der Waals surface area contributed by atoms with Crippen molar-refractivity contribution in [3.05, 3.63) is 59.1 Å². The highest BCUT2D eigenvalue weighted by Crippen LogP contribution is 2.19. The van der Waals surface area contributed by atoms with Crippen molar-refractivity contribution in [2.24, 2.45) is 0 Å². The predicted octanol–water partition coefficient (Wildman–Crippen LogP) is 3.27. The maximum Gasteiger partial charge on any atom is 0.255 e. The molecule has 0 aliphatic heterocycles. The summed E-state index contributed by atoms with van der Waals surface area (Å²) < 4.78 is 1.68. The smallest absolute Gasteiger partial charge is 0.255 e. The first-order chi connectivity index (χ1) is 11.2. The summed E-state index contributed by atoms with van der Waals surface area (Å²) >= 11 is 5.84. The molecule has 0 aliphatic rings. The number of halogens is 1. The lowest BCUT2D eigenvalue weighted by molar-refractivity contribution is 0.102. The van der Waals surface area contributed by atoms with E-state index in [0.717, 1.165) is 5.56 Å². The minimum Gasteiger partial charge on any atom is -0.322 e. The summed E-state index contributed by atoms with van der Waals surface area (Å²) in [4.78, 5) is 12.4. The van der Waals surface area contributed by atoms with Crippen molar-refractivity contribution in [1.82, 2.24) is 20.2 Å². The Balaban J connectivity index is 1.84. The van der Waals surface area contributed by atoms with Crippen LogP contribution in [0.5, 0.6) is 0 Å². The Morgan fingerprint density at radius 2 is 2.00 bits per heavy atom. The zero-order valence-corrected chi connectivity index (χ0v) is 13.2. The van der Waals surface area contributed by atoms with Crippen LogP contribution in [0.3, 0.4) is 0 Å². The van der Waals surface area contributed by atoms with Crippen molar-refractivity contribution in [1.29, 1.82) is 0 Å². The first-order valence-electron chi connectivity index (χ1n) is 7.11. The van der Waals surface area contributed by atoms with Crippen molar-refractivity contribution in [3.8, 4) is 11.4 Å². The van der Waals surface area contributed by atoms with E-state index in [1.54, 1.807) is 47.1 Å². The van der Waals surface area contributed by atoms with Gasteiger partial charge in [0.2, 0.25) is 0 Å². The minimum atomic E-state index is -0.204. The Morgan fingerprint density at radius 3 is 2.74 bits per heavy atom. The highest BCUT2D eigenvalue weighted by molar-refractivity contribution is 6.30. The molecule has 1 N–H and O–H groups in total. The van der Waals surface area contributed by atoms with Crippen LogP contribution in [-0.4, -0.2) is 26.1 Å².